The number of furan rings is 2. The highest BCUT2D eigenvalue weighted by Gasteiger charge is 2.26. The molecule has 1 aliphatic carbocycles. The Kier molecular flexibility index (Phi) is 4.84. The highest BCUT2D eigenvalue weighted by molar-refractivity contribution is 6.29. The van der Waals surface area contributed by atoms with Crippen LogP contribution < -0.4 is 4.90 Å². The molecule has 2 heterocycles. The summed E-state index contributed by atoms with van der Waals surface area (Å²) in [6, 6.07) is 54.2. The molecule has 0 fully saturated rings. The predicted octanol–water partition coefficient (Wildman–Crippen LogP) is 12.9. The third-order valence-corrected chi connectivity index (χ3v) is 9.92. The van der Waals surface area contributed by atoms with Crippen LogP contribution in [-0.2, 0) is 0 Å². The van der Waals surface area contributed by atoms with E-state index in [4.69, 9.17) is 8.83 Å². The molecule has 10 aromatic rings. The molecule has 0 N–H and O–H groups in total. The molecule has 47 heavy (non-hydrogen) atoms. The second-order valence-corrected chi connectivity index (χ2v) is 12.5. The van der Waals surface area contributed by atoms with Gasteiger partial charge >= 0.3 is 0 Å². The first-order valence-corrected chi connectivity index (χ1v) is 16.0. The lowest BCUT2D eigenvalue weighted by atomic mass is 9.93. The van der Waals surface area contributed by atoms with E-state index in [2.05, 4.69) is 157 Å². The average molecular weight is 600 g/mol. The van der Waals surface area contributed by atoms with Gasteiger partial charge in [-0.25, -0.2) is 0 Å². The maximum Gasteiger partial charge on any atom is 0.138 e. The predicted molar refractivity (Wildman–Crippen MR) is 195 cm³/mol. The van der Waals surface area contributed by atoms with Crippen molar-refractivity contribution in [1.29, 1.82) is 0 Å². The van der Waals surface area contributed by atoms with E-state index in [1.165, 1.54) is 54.6 Å². The molecule has 0 saturated heterocycles. The number of rotatable bonds is 3. The Morgan fingerprint density at radius 2 is 1.00 bits per heavy atom. The van der Waals surface area contributed by atoms with Crippen molar-refractivity contribution < 1.29 is 8.83 Å². The number of nitrogens with zero attached hydrogens (tertiary/aromatic N) is 1. The number of fused-ring (bicyclic) bond motifs is 7. The van der Waals surface area contributed by atoms with Crippen LogP contribution in [0.4, 0.5) is 17.1 Å². The Morgan fingerprint density at radius 1 is 0.319 bits per heavy atom. The van der Waals surface area contributed by atoms with Crippen molar-refractivity contribution in [3.63, 3.8) is 0 Å². The zero-order valence-corrected chi connectivity index (χ0v) is 25.2. The van der Waals surface area contributed by atoms with Crippen molar-refractivity contribution in [2.45, 2.75) is 0 Å². The van der Waals surface area contributed by atoms with Gasteiger partial charge in [0.2, 0.25) is 0 Å². The van der Waals surface area contributed by atoms with E-state index in [0.717, 1.165) is 50.2 Å². The van der Waals surface area contributed by atoms with E-state index in [1.54, 1.807) is 0 Å². The lowest BCUT2D eigenvalue weighted by Gasteiger charge is -2.26. The third-order valence-electron chi connectivity index (χ3n) is 9.92. The SMILES string of the molecule is c1ccc(N(c2cc3c4c(c2)oc2ccc5cccc(c5c24)-c2ccccc2-3)c2ccc3oc4cc5ccccc5cc4c3c2)cc1. The van der Waals surface area contributed by atoms with Crippen molar-refractivity contribution in [1.82, 2.24) is 0 Å². The minimum absolute atomic E-state index is 0.877. The summed E-state index contributed by atoms with van der Waals surface area (Å²) in [6.07, 6.45) is 0. The van der Waals surface area contributed by atoms with Crippen molar-refractivity contribution in [2.24, 2.45) is 0 Å². The lowest BCUT2D eigenvalue weighted by molar-refractivity contribution is 0.669. The molecule has 0 amide bonds. The molecule has 0 atom stereocenters. The van der Waals surface area contributed by atoms with Crippen molar-refractivity contribution in [3.05, 3.63) is 152 Å². The third kappa shape index (κ3) is 3.46. The normalized spacial score (nSPS) is 12.3. The highest BCUT2D eigenvalue weighted by Crippen LogP contribution is 2.51. The van der Waals surface area contributed by atoms with E-state index >= 15 is 0 Å². The summed E-state index contributed by atoms with van der Waals surface area (Å²) in [5, 5.41) is 9.43. The lowest BCUT2D eigenvalue weighted by Crippen LogP contribution is -2.10. The minimum Gasteiger partial charge on any atom is -0.456 e. The molecule has 0 bridgehead atoms. The van der Waals surface area contributed by atoms with Gasteiger partial charge in [-0.2, -0.15) is 0 Å². The van der Waals surface area contributed by atoms with Crippen molar-refractivity contribution in [3.8, 4) is 22.3 Å². The first-order chi connectivity index (χ1) is 23.3. The summed E-state index contributed by atoms with van der Waals surface area (Å²) in [5.41, 5.74) is 11.6. The van der Waals surface area contributed by atoms with Crippen LogP contribution in [0.25, 0.3) is 87.7 Å². The number of hydrogen-bond acceptors (Lipinski definition) is 3. The zero-order chi connectivity index (χ0) is 30.6. The summed E-state index contributed by atoms with van der Waals surface area (Å²) >= 11 is 0. The smallest absolute Gasteiger partial charge is 0.138 e. The van der Waals surface area contributed by atoms with Gasteiger partial charge < -0.3 is 13.7 Å². The molecular formula is C44H25NO2. The molecular weight excluding hydrogens is 574 g/mol. The Bertz CT molecular complexity index is 2910. The summed E-state index contributed by atoms with van der Waals surface area (Å²) < 4.78 is 13.1. The van der Waals surface area contributed by atoms with Crippen LogP contribution in [0, 0.1) is 0 Å². The van der Waals surface area contributed by atoms with Crippen LogP contribution in [0.2, 0.25) is 0 Å². The molecule has 2 aromatic heterocycles. The Balaban J connectivity index is 1.21. The summed E-state index contributed by atoms with van der Waals surface area (Å²) in [4.78, 5) is 2.33. The van der Waals surface area contributed by atoms with E-state index in [9.17, 15) is 0 Å². The molecule has 11 rings (SSSR count). The van der Waals surface area contributed by atoms with Crippen molar-refractivity contribution in [2.75, 3.05) is 4.90 Å². The van der Waals surface area contributed by atoms with Gasteiger partial charge in [-0.15, -0.1) is 0 Å². The van der Waals surface area contributed by atoms with Crippen LogP contribution in [0.1, 0.15) is 0 Å². The maximum absolute atomic E-state index is 6.72. The highest BCUT2D eigenvalue weighted by atomic mass is 16.3. The van der Waals surface area contributed by atoms with E-state index in [0.29, 0.717) is 0 Å². The fourth-order valence-electron chi connectivity index (χ4n) is 7.88. The molecule has 3 nitrogen and oxygen atoms in total. The van der Waals surface area contributed by atoms with Crippen LogP contribution in [0.3, 0.4) is 0 Å². The second-order valence-electron chi connectivity index (χ2n) is 12.5. The summed E-state index contributed by atoms with van der Waals surface area (Å²) in [6.45, 7) is 0. The topological polar surface area (TPSA) is 29.5 Å². The summed E-state index contributed by atoms with van der Waals surface area (Å²) in [7, 11) is 0. The zero-order valence-electron chi connectivity index (χ0n) is 25.2. The van der Waals surface area contributed by atoms with Gasteiger partial charge in [-0.05, 0) is 93.0 Å². The molecule has 218 valence electrons. The quantitative estimate of drug-likeness (QED) is 0.202. The van der Waals surface area contributed by atoms with E-state index in [-0.39, 0.29) is 0 Å². The van der Waals surface area contributed by atoms with Gasteiger partial charge in [-0.3, -0.25) is 0 Å². The van der Waals surface area contributed by atoms with Crippen molar-refractivity contribution >= 4 is 82.5 Å². The molecule has 8 aromatic carbocycles. The maximum atomic E-state index is 6.72. The first-order valence-electron chi connectivity index (χ1n) is 16.0. The molecule has 0 unspecified atom stereocenters. The number of para-hydroxylation sites is 1. The number of benzene rings is 8. The minimum atomic E-state index is 0.877. The Hall–Kier alpha value is -6.32. The molecule has 1 aliphatic rings. The van der Waals surface area contributed by atoms with E-state index in [1.807, 2.05) is 0 Å². The molecule has 0 spiro atoms. The van der Waals surface area contributed by atoms with Gasteiger partial charge in [0, 0.05) is 44.4 Å². The first kappa shape index (κ1) is 24.9. The van der Waals surface area contributed by atoms with Gasteiger partial charge in [0.1, 0.15) is 22.3 Å². The van der Waals surface area contributed by atoms with Crippen LogP contribution >= 0.6 is 0 Å². The van der Waals surface area contributed by atoms with Gasteiger partial charge in [0.15, 0.2) is 0 Å². The summed E-state index contributed by atoms with van der Waals surface area (Å²) in [5.74, 6) is 0. The molecule has 3 heteroatoms. The standard InChI is InChI=1S/C44H25NO2/c1-2-12-29(13-3-1)45(30-18-20-38-36(23-30)35-21-27-9-4-5-10-28(27)22-40(35)46-38)31-24-37-33-15-7-6-14-32(33)34-16-8-11-26-17-19-39-44(42(26)34)43(37)41(25-31)47-39/h1-25H. The second kappa shape index (κ2) is 9.12. The van der Waals surface area contributed by atoms with Crippen LogP contribution in [0.15, 0.2) is 160 Å². The molecule has 0 saturated carbocycles. The van der Waals surface area contributed by atoms with Crippen LogP contribution in [0.5, 0.6) is 0 Å². The Labute approximate surface area is 269 Å². The number of anilines is 3. The Morgan fingerprint density at radius 3 is 1.87 bits per heavy atom. The average Bonchev–Trinajstić information content (AvgIpc) is 3.64. The fourth-order valence-corrected chi connectivity index (χ4v) is 7.88. The molecule has 0 radical (unpaired) electrons. The molecule has 0 aliphatic heterocycles. The number of hydrogen-bond donors (Lipinski definition) is 0. The van der Waals surface area contributed by atoms with Gasteiger partial charge in [0.05, 0.1) is 5.69 Å². The largest absolute Gasteiger partial charge is 0.456 e. The monoisotopic (exact) mass is 599 g/mol. The fraction of sp³-hybridized carbons (Fsp3) is 0. The van der Waals surface area contributed by atoms with Gasteiger partial charge in [0.25, 0.3) is 0 Å². The van der Waals surface area contributed by atoms with Crippen LogP contribution in [-0.4, -0.2) is 0 Å². The van der Waals surface area contributed by atoms with E-state index < -0.39 is 0 Å². The van der Waals surface area contributed by atoms with Gasteiger partial charge in [-0.1, -0.05) is 91.0 Å².